The van der Waals surface area contributed by atoms with Gasteiger partial charge in [0.1, 0.15) is 11.6 Å². The second-order valence-electron chi connectivity index (χ2n) is 4.61. The maximum absolute atomic E-state index is 12.2. The molecule has 1 aromatic carbocycles. The summed E-state index contributed by atoms with van der Waals surface area (Å²) in [6, 6.07) is 4.44. The molecular formula is C15H17N3O4. The molecule has 0 spiro atoms. The third-order valence-corrected chi connectivity index (χ3v) is 3.21. The van der Waals surface area contributed by atoms with Gasteiger partial charge in [0.05, 0.1) is 4.92 Å². The number of nitrogens with zero attached hydrogens (tertiary/aromatic N) is 3. The Kier molecular flexibility index (Phi) is 5.64. The molecule has 1 N–H and O–H groups in total. The number of likely N-dealkylation sites (N-methyl/N-ethyl adjacent to an activating group) is 1. The van der Waals surface area contributed by atoms with Gasteiger partial charge in [-0.25, -0.2) is 0 Å². The number of aromatic hydroxyl groups is 1. The predicted molar refractivity (Wildman–Crippen MR) is 81.0 cm³/mol. The zero-order valence-electron chi connectivity index (χ0n) is 12.7. The molecule has 0 bridgehead atoms. The lowest BCUT2D eigenvalue weighted by atomic mass is 10.1. The van der Waals surface area contributed by atoms with Gasteiger partial charge in [-0.15, -0.1) is 0 Å². The Hall–Kier alpha value is -2.88. The molecule has 0 saturated carbocycles. The van der Waals surface area contributed by atoms with E-state index in [9.17, 15) is 20.0 Å². The number of benzene rings is 1. The molecular weight excluding hydrogens is 286 g/mol. The van der Waals surface area contributed by atoms with Crippen LogP contribution in [0.3, 0.4) is 0 Å². The van der Waals surface area contributed by atoms with E-state index >= 15 is 0 Å². The van der Waals surface area contributed by atoms with Crippen molar-refractivity contribution >= 4 is 17.7 Å². The summed E-state index contributed by atoms with van der Waals surface area (Å²) in [5.41, 5.74) is 0.0500. The Balaban J connectivity index is 3.33. The molecule has 0 aliphatic heterocycles. The molecule has 1 rings (SSSR count). The van der Waals surface area contributed by atoms with E-state index in [-0.39, 0.29) is 5.57 Å². The summed E-state index contributed by atoms with van der Waals surface area (Å²) in [5.74, 6) is -0.850. The zero-order valence-corrected chi connectivity index (χ0v) is 12.7. The van der Waals surface area contributed by atoms with Crippen LogP contribution in [0.1, 0.15) is 25.0 Å². The van der Waals surface area contributed by atoms with E-state index in [0.717, 1.165) is 6.07 Å². The molecule has 0 unspecified atom stereocenters. The number of nitro benzene ring substituents is 1. The smallest absolute Gasteiger partial charge is 0.311 e. The van der Waals surface area contributed by atoms with Crippen LogP contribution in [-0.2, 0) is 4.79 Å². The quantitative estimate of drug-likeness (QED) is 0.389. The summed E-state index contributed by atoms with van der Waals surface area (Å²) in [7, 11) is 0. The lowest BCUT2D eigenvalue weighted by Gasteiger charge is -2.17. The second-order valence-corrected chi connectivity index (χ2v) is 4.61. The molecule has 0 aliphatic carbocycles. The summed E-state index contributed by atoms with van der Waals surface area (Å²) < 4.78 is 0. The number of amides is 1. The van der Waals surface area contributed by atoms with Crippen molar-refractivity contribution in [3.05, 3.63) is 38.9 Å². The third kappa shape index (κ3) is 3.61. The highest BCUT2D eigenvalue weighted by atomic mass is 16.6. The molecule has 0 fully saturated rings. The molecule has 7 heteroatoms. The highest BCUT2D eigenvalue weighted by Gasteiger charge is 2.19. The fourth-order valence-electron chi connectivity index (χ4n) is 2.00. The minimum Gasteiger partial charge on any atom is -0.502 e. The topological polar surface area (TPSA) is 107 Å². The van der Waals surface area contributed by atoms with Gasteiger partial charge in [-0.1, -0.05) is 0 Å². The highest BCUT2D eigenvalue weighted by Crippen LogP contribution is 2.31. The molecule has 0 heterocycles. The zero-order chi connectivity index (χ0) is 16.9. The third-order valence-electron chi connectivity index (χ3n) is 3.21. The molecule has 22 heavy (non-hydrogen) atoms. The summed E-state index contributed by atoms with van der Waals surface area (Å²) in [6.45, 7) is 6.03. The van der Waals surface area contributed by atoms with Gasteiger partial charge < -0.3 is 10.0 Å². The van der Waals surface area contributed by atoms with Crippen molar-refractivity contribution in [2.24, 2.45) is 0 Å². The Labute approximate surface area is 128 Å². The number of rotatable bonds is 5. The van der Waals surface area contributed by atoms with Crippen molar-refractivity contribution < 1.29 is 14.8 Å². The first kappa shape index (κ1) is 17.2. The van der Waals surface area contributed by atoms with Crippen molar-refractivity contribution in [2.45, 2.75) is 20.8 Å². The lowest BCUT2D eigenvalue weighted by Crippen LogP contribution is -2.31. The van der Waals surface area contributed by atoms with Crippen LogP contribution < -0.4 is 0 Å². The molecule has 0 aromatic heterocycles. The summed E-state index contributed by atoms with van der Waals surface area (Å²) in [5, 5.41) is 29.7. The number of carbonyl (C=O) groups excluding carboxylic acids is 1. The first-order valence-corrected chi connectivity index (χ1v) is 6.74. The molecule has 0 atom stereocenters. The molecule has 7 nitrogen and oxygen atoms in total. The van der Waals surface area contributed by atoms with Gasteiger partial charge in [-0.05, 0) is 44.0 Å². The number of nitriles is 1. The lowest BCUT2D eigenvalue weighted by molar-refractivity contribution is -0.385. The van der Waals surface area contributed by atoms with Gasteiger partial charge in [0.15, 0.2) is 5.75 Å². The SMILES string of the molecule is CCN(CC)C(=O)C(C#N)=Cc1cc(C)c(O)c([N+](=O)[O-])c1. The minimum atomic E-state index is -0.710. The Morgan fingerprint density at radius 3 is 2.50 bits per heavy atom. The monoisotopic (exact) mass is 303 g/mol. The largest absolute Gasteiger partial charge is 0.502 e. The maximum Gasteiger partial charge on any atom is 0.311 e. The van der Waals surface area contributed by atoms with Crippen LogP contribution in [-0.4, -0.2) is 33.9 Å². The number of aryl methyl sites for hydroxylation is 1. The van der Waals surface area contributed by atoms with Gasteiger partial charge in [-0.2, -0.15) is 5.26 Å². The number of phenolic OH excluding ortho intramolecular Hbond substituents is 1. The molecule has 0 radical (unpaired) electrons. The van der Waals surface area contributed by atoms with Crippen molar-refractivity contribution in [1.82, 2.24) is 4.90 Å². The number of hydrogen-bond acceptors (Lipinski definition) is 5. The average molecular weight is 303 g/mol. The van der Waals surface area contributed by atoms with Gasteiger partial charge >= 0.3 is 5.69 Å². The van der Waals surface area contributed by atoms with E-state index in [4.69, 9.17) is 5.26 Å². The van der Waals surface area contributed by atoms with Crippen LogP contribution in [0.4, 0.5) is 5.69 Å². The standard InChI is InChI=1S/C15H17N3O4/c1-4-17(5-2)15(20)12(9-16)7-11-6-10(3)14(19)13(8-11)18(21)22/h6-8,19H,4-5H2,1-3H3. The van der Waals surface area contributed by atoms with E-state index in [1.807, 2.05) is 6.07 Å². The summed E-state index contributed by atoms with van der Waals surface area (Å²) >= 11 is 0. The van der Waals surface area contributed by atoms with E-state index in [1.165, 1.54) is 24.0 Å². The van der Waals surface area contributed by atoms with Crippen molar-refractivity contribution in [2.75, 3.05) is 13.1 Å². The molecule has 116 valence electrons. The van der Waals surface area contributed by atoms with Gasteiger partial charge in [0, 0.05) is 19.2 Å². The summed E-state index contributed by atoms with van der Waals surface area (Å²) in [4.78, 5) is 23.8. The first-order valence-electron chi connectivity index (χ1n) is 6.74. The molecule has 0 aliphatic rings. The fourth-order valence-corrected chi connectivity index (χ4v) is 2.00. The second kappa shape index (κ2) is 7.22. The van der Waals surface area contributed by atoms with E-state index in [0.29, 0.717) is 24.2 Å². The molecule has 1 aromatic rings. The van der Waals surface area contributed by atoms with Crippen molar-refractivity contribution in [3.8, 4) is 11.8 Å². The normalized spacial score (nSPS) is 10.9. The van der Waals surface area contributed by atoms with Crippen molar-refractivity contribution in [1.29, 1.82) is 5.26 Å². The van der Waals surface area contributed by atoms with Crippen LogP contribution in [0.5, 0.6) is 5.75 Å². The first-order chi connectivity index (χ1) is 10.3. The molecule has 1 amide bonds. The number of carbonyl (C=O) groups is 1. The van der Waals surface area contributed by atoms with Crippen LogP contribution >= 0.6 is 0 Å². The molecule has 0 saturated heterocycles. The highest BCUT2D eigenvalue weighted by molar-refractivity contribution is 6.01. The van der Waals surface area contributed by atoms with Gasteiger partial charge in [-0.3, -0.25) is 14.9 Å². The maximum atomic E-state index is 12.2. The predicted octanol–water partition coefficient (Wildman–Crippen LogP) is 2.38. The van der Waals surface area contributed by atoms with E-state index in [1.54, 1.807) is 13.8 Å². The Morgan fingerprint density at radius 2 is 2.05 bits per heavy atom. The average Bonchev–Trinajstić information content (AvgIpc) is 2.48. The van der Waals surface area contributed by atoms with Crippen LogP contribution in [0.2, 0.25) is 0 Å². The van der Waals surface area contributed by atoms with E-state index < -0.39 is 22.3 Å². The fraction of sp³-hybridized carbons (Fsp3) is 0.333. The van der Waals surface area contributed by atoms with Crippen LogP contribution in [0.25, 0.3) is 6.08 Å². The van der Waals surface area contributed by atoms with Crippen LogP contribution in [0.15, 0.2) is 17.7 Å². The summed E-state index contributed by atoms with van der Waals surface area (Å²) in [6.07, 6.45) is 1.29. The Bertz CT molecular complexity index is 670. The van der Waals surface area contributed by atoms with E-state index in [2.05, 4.69) is 0 Å². The van der Waals surface area contributed by atoms with Gasteiger partial charge in [0.2, 0.25) is 0 Å². The minimum absolute atomic E-state index is 0.108. The van der Waals surface area contributed by atoms with Gasteiger partial charge in [0.25, 0.3) is 5.91 Å². The number of hydrogen-bond donors (Lipinski definition) is 1. The Morgan fingerprint density at radius 1 is 1.45 bits per heavy atom. The number of nitro groups is 1. The number of phenols is 1. The van der Waals surface area contributed by atoms with Crippen LogP contribution in [0, 0.1) is 28.4 Å². The van der Waals surface area contributed by atoms with Crippen molar-refractivity contribution in [3.63, 3.8) is 0 Å².